The van der Waals surface area contributed by atoms with E-state index in [2.05, 4.69) is 5.32 Å². The molecular weight excluding hydrogens is 224 g/mol. The Labute approximate surface area is 98.3 Å². The molecule has 1 N–H and O–H groups in total. The SMILES string of the molecule is CC(c1cccs1)N1CCC(=O)NCC1=O. The van der Waals surface area contributed by atoms with Gasteiger partial charge in [-0.15, -0.1) is 11.3 Å². The van der Waals surface area contributed by atoms with Crippen molar-refractivity contribution in [1.29, 1.82) is 0 Å². The summed E-state index contributed by atoms with van der Waals surface area (Å²) in [6, 6.07) is 4.05. The van der Waals surface area contributed by atoms with E-state index in [1.54, 1.807) is 16.2 Å². The normalized spacial score (nSPS) is 19.2. The Morgan fingerprint density at radius 3 is 3.00 bits per heavy atom. The lowest BCUT2D eigenvalue weighted by atomic mass is 10.2. The maximum atomic E-state index is 11.8. The second-order valence-corrected chi connectivity index (χ2v) is 4.78. The average Bonchev–Trinajstić information content (AvgIpc) is 2.74. The Morgan fingerprint density at radius 1 is 1.50 bits per heavy atom. The molecule has 16 heavy (non-hydrogen) atoms. The highest BCUT2D eigenvalue weighted by atomic mass is 32.1. The molecule has 1 unspecified atom stereocenters. The first-order valence-electron chi connectivity index (χ1n) is 5.28. The number of nitrogens with one attached hydrogen (secondary N) is 1. The maximum Gasteiger partial charge on any atom is 0.242 e. The van der Waals surface area contributed by atoms with Crippen LogP contribution >= 0.6 is 11.3 Å². The number of hydrogen-bond donors (Lipinski definition) is 1. The first-order valence-corrected chi connectivity index (χ1v) is 6.16. The third kappa shape index (κ3) is 2.24. The molecule has 1 aliphatic heterocycles. The van der Waals surface area contributed by atoms with Gasteiger partial charge in [-0.2, -0.15) is 0 Å². The number of hydrogen-bond acceptors (Lipinski definition) is 3. The molecule has 1 atom stereocenters. The molecule has 0 bridgehead atoms. The Hall–Kier alpha value is -1.36. The van der Waals surface area contributed by atoms with Crippen molar-refractivity contribution in [3.63, 3.8) is 0 Å². The minimum Gasteiger partial charge on any atom is -0.347 e. The lowest BCUT2D eigenvalue weighted by Crippen LogP contribution is -2.36. The second-order valence-electron chi connectivity index (χ2n) is 3.81. The number of nitrogens with zero attached hydrogens (tertiary/aromatic N) is 1. The number of carbonyl (C=O) groups is 2. The fraction of sp³-hybridized carbons (Fsp3) is 0.455. The van der Waals surface area contributed by atoms with Crippen LogP contribution < -0.4 is 5.32 Å². The van der Waals surface area contributed by atoms with E-state index < -0.39 is 0 Å². The van der Waals surface area contributed by atoms with Gasteiger partial charge >= 0.3 is 0 Å². The zero-order valence-corrected chi connectivity index (χ0v) is 9.92. The smallest absolute Gasteiger partial charge is 0.242 e. The number of carbonyl (C=O) groups excluding carboxylic acids is 2. The van der Waals surface area contributed by atoms with Gasteiger partial charge in [-0.3, -0.25) is 9.59 Å². The molecule has 0 saturated carbocycles. The molecule has 0 spiro atoms. The van der Waals surface area contributed by atoms with Crippen molar-refractivity contribution in [2.45, 2.75) is 19.4 Å². The van der Waals surface area contributed by atoms with Crippen LogP contribution in [0.1, 0.15) is 24.3 Å². The molecule has 1 aromatic rings. The molecule has 2 heterocycles. The van der Waals surface area contributed by atoms with Crippen LogP contribution in [-0.2, 0) is 9.59 Å². The summed E-state index contributed by atoms with van der Waals surface area (Å²) >= 11 is 1.64. The van der Waals surface area contributed by atoms with E-state index in [1.165, 1.54) is 0 Å². The van der Waals surface area contributed by atoms with Crippen molar-refractivity contribution in [3.8, 4) is 0 Å². The molecule has 5 heteroatoms. The van der Waals surface area contributed by atoms with Gasteiger partial charge in [-0.05, 0) is 18.4 Å². The Balaban J connectivity index is 2.13. The molecule has 1 saturated heterocycles. The predicted molar refractivity (Wildman–Crippen MR) is 62.1 cm³/mol. The van der Waals surface area contributed by atoms with Gasteiger partial charge in [-0.1, -0.05) is 6.07 Å². The lowest BCUT2D eigenvalue weighted by molar-refractivity contribution is -0.131. The quantitative estimate of drug-likeness (QED) is 0.840. The molecule has 2 amide bonds. The predicted octanol–water partition coefficient (Wildman–Crippen LogP) is 1.16. The lowest BCUT2D eigenvalue weighted by Gasteiger charge is -2.26. The molecule has 2 rings (SSSR count). The van der Waals surface area contributed by atoms with E-state index in [0.717, 1.165) is 4.88 Å². The summed E-state index contributed by atoms with van der Waals surface area (Å²) in [6.45, 7) is 2.62. The van der Waals surface area contributed by atoms with Gasteiger partial charge in [0.15, 0.2) is 0 Å². The van der Waals surface area contributed by atoms with E-state index >= 15 is 0 Å². The summed E-state index contributed by atoms with van der Waals surface area (Å²) in [7, 11) is 0. The average molecular weight is 238 g/mol. The monoisotopic (exact) mass is 238 g/mol. The van der Waals surface area contributed by atoms with Gasteiger partial charge in [0, 0.05) is 17.8 Å². The van der Waals surface area contributed by atoms with Crippen LogP contribution in [0.5, 0.6) is 0 Å². The molecule has 1 fully saturated rings. The van der Waals surface area contributed by atoms with Gasteiger partial charge in [0.05, 0.1) is 12.6 Å². The van der Waals surface area contributed by atoms with Crippen LogP contribution in [0.25, 0.3) is 0 Å². The molecule has 86 valence electrons. The van der Waals surface area contributed by atoms with Gasteiger partial charge in [0.25, 0.3) is 0 Å². The summed E-state index contributed by atoms with van der Waals surface area (Å²) < 4.78 is 0. The fourth-order valence-electron chi connectivity index (χ4n) is 1.80. The molecule has 0 aliphatic carbocycles. The minimum absolute atomic E-state index is 0.00764. The standard InChI is InChI=1S/C11H14N2O2S/c1-8(9-3-2-6-16-9)13-5-4-10(14)12-7-11(13)15/h2-3,6,8H,4-5,7H2,1H3,(H,12,14). The van der Waals surface area contributed by atoms with E-state index in [0.29, 0.717) is 13.0 Å². The highest BCUT2D eigenvalue weighted by molar-refractivity contribution is 7.10. The van der Waals surface area contributed by atoms with E-state index in [1.807, 2.05) is 24.4 Å². The van der Waals surface area contributed by atoms with E-state index in [-0.39, 0.29) is 24.4 Å². The summed E-state index contributed by atoms with van der Waals surface area (Å²) in [6.07, 6.45) is 0.390. The summed E-state index contributed by atoms with van der Waals surface area (Å²) in [4.78, 5) is 25.9. The maximum absolute atomic E-state index is 11.8. The molecular formula is C11H14N2O2S. The molecule has 4 nitrogen and oxygen atoms in total. The van der Waals surface area contributed by atoms with Crippen LogP contribution in [0.2, 0.25) is 0 Å². The highest BCUT2D eigenvalue weighted by Crippen LogP contribution is 2.25. The van der Waals surface area contributed by atoms with Crippen molar-refractivity contribution in [3.05, 3.63) is 22.4 Å². The van der Waals surface area contributed by atoms with Crippen LogP contribution in [0.4, 0.5) is 0 Å². The first kappa shape index (κ1) is 11.1. The van der Waals surface area contributed by atoms with Crippen molar-refractivity contribution in [2.75, 3.05) is 13.1 Å². The Kier molecular flexibility index (Phi) is 3.24. The van der Waals surface area contributed by atoms with Crippen LogP contribution in [-0.4, -0.2) is 29.8 Å². The van der Waals surface area contributed by atoms with E-state index in [9.17, 15) is 9.59 Å². The fourth-order valence-corrected chi connectivity index (χ4v) is 2.60. The van der Waals surface area contributed by atoms with Crippen LogP contribution in [0, 0.1) is 0 Å². The highest BCUT2D eigenvalue weighted by Gasteiger charge is 2.25. The van der Waals surface area contributed by atoms with Crippen molar-refractivity contribution in [1.82, 2.24) is 10.2 Å². The van der Waals surface area contributed by atoms with E-state index in [4.69, 9.17) is 0 Å². The van der Waals surface area contributed by atoms with Gasteiger partial charge in [0.2, 0.25) is 11.8 Å². The van der Waals surface area contributed by atoms with Gasteiger partial charge in [0.1, 0.15) is 0 Å². The van der Waals surface area contributed by atoms with Gasteiger partial charge in [-0.25, -0.2) is 0 Å². The number of rotatable bonds is 2. The minimum atomic E-state index is -0.0470. The molecule has 1 aliphatic rings. The second kappa shape index (κ2) is 4.65. The number of amides is 2. The summed E-state index contributed by atoms with van der Waals surface area (Å²) in [5.41, 5.74) is 0. The van der Waals surface area contributed by atoms with Crippen molar-refractivity contribution < 1.29 is 9.59 Å². The van der Waals surface area contributed by atoms with Crippen LogP contribution in [0.15, 0.2) is 17.5 Å². The largest absolute Gasteiger partial charge is 0.347 e. The molecule has 1 aromatic heterocycles. The topological polar surface area (TPSA) is 49.4 Å². The third-order valence-electron chi connectivity index (χ3n) is 2.76. The third-order valence-corrected chi connectivity index (χ3v) is 3.80. The summed E-state index contributed by atoms with van der Waals surface area (Å²) in [5, 5.41) is 4.60. The Morgan fingerprint density at radius 2 is 2.31 bits per heavy atom. The summed E-state index contributed by atoms with van der Waals surface area (Å²) in [5.74, 6) is -0.0546. The zero-order chi connectivity index (χ0) is 11.5. The zero-order valence-electron chi connectivity index (χ0n) is 9.10. The first-order chi connectivity index (χ1) is 7.68. The van der Waals surface area contributed by atoms with Gasteiger partial charge < -0.3 is 10.2 Å². The molecule has 0 radical (unpaired) electrons. The Bertz CT molecular complexity index is 389. The van der Waals surface area contributed by atoms with Crippen molar-refractivity contribution in [2.24, 2.45) is 0 Å². The van der Waals surface area contributed by atoms with Crippen LogP contribution in [0.3, 0.4) is 0 Å². The van der Waals surface area contributed by atoms with Crippen molar-refractivity contribution >= 4 is 23.2 Å². The molecule has 0 aromatic carbocycles. The number of thiophene rings is 1.